The first-order valence-electron chi connectivity index (χ1n) is 7.68. The van der Waals surface area contributed by atoms with Crippen molar-refractivity contribution in [3.05, 3.63) is 23.5 Å². The van der Waals surface area contributed by atoms with Gasteiger partial charge < -0.3 is 10.3 Å². The van der Waals surface area contributed by atoms with Crippen molar-refractivity contribution < 1.29 is 18.0 Å². The van der Waals surface area contributed by atoms with Gasteiger partial charge in [-0.05, 0) is 32.8 Å². The molecule has 1 aromatic rings. The van der Waals surface area contributed by atoms with Crippen molar-refractivity contribution in [3.8, 4) is 0 Å². The van der Waals surface area contributed by atoms with Crippen LogP contribution in [0.1, 0.15) is 37.9 Å². The number of halogens is 3. The number of pyridine rings is 1. The standard InChI is InChI=1S/C16H20F3N3OS/c1-10(20)15(11(2)23)24-9-13-14(22-5-3-4-6-22)7-12(8-21-13)16(17,18)19/h7-8,15,20H,3-6,9H2,1-2H3. The zero-order valence-electron chi connectivity index (χ0n) is 13.6. The summed E-state index contributed by atoms with van der Waals surface area (Å²) in [6, 6.07) is 1.15. The SMILES string of the molecule is CC(=N)C(SCc1ncc(C(F)(F)F)cc1N1CCCC1)C(C)=O. The van der Waals surface area contributed by atoms with E-state index in [4.69, 9.17) is 5.41 Å². The van der Waals surface area contributed by atoms with Crippen LogP contribution < -0.4 is 4.90 Å². The van der Waals surface area contributed by atoms with Crippen LogP contribution >= 0.6 is 11.8 Å². The van der Waals surface area contributed by atoms with Gasteiger partial charge in [-0.3, -0.25) is 9.78 Å². The topological polar surface area (TPSA) is 57.1 Å². The minimum atomic E-state index is -4.43. The highest BCUT2D eigenvalue weighted by atomic mass is 32.2. The maximum Gasteiger partial charge on any atom is 0.417 e. The van der Waals surface area contributed by atoms with Gasteiger partial charge >= 0.3 is 6.18 Å². The minimum Gasteiger partial charge on any atom is -0.370 e. The summed E-state index contributed by atoms with van der Waals surface area (Å²) in [5, 5.41) is 7.08. The Morgan fingerprint density at radius 3 is 2.50 bits per heavy atom. The highest BCUT2D eigenvalue weighted by molar-refractivity contribution is 8.00. The molecule has 2 rings (SSSR count). The Labute approximate surface area is 143 Å². The molecule has 0 bridgehead atoms. The molecule has 24 heavy (non-hydrogen) atoms. The van der Waals surface area contributed by atoms with Gasteiger partial charge in [-0.2, -0.15) is 13.2 Å². The number of anilines is 1. The normalized spacial score (nSPS) is 16.3. The molecule has 1 unspecified atom stereocenters. The van der Waals surface area contributed by atoms with Crippen LogP contribution in [0.15, 0.2) is 12.3 Å². The molecule has 1 saturated heterocycles. The predicted octanol–water partition coefficient (Wildman–Crippen LogP) is 3.93. The third-order valence-corrected chi connectivity index (χ3v) is 5.33. The van der Waals surface area contributed by atoms with Crippen LogP contribution in [-0.2, 0) is 16.7 Å². The van der Waals surface area contributed by atoms with E-state index in [0.29, 0.717) is 30.2 Å². The van der Waals surface area contributed by atoms with E-state index in [0.717, 1.165) is 25.1 Å². The van der Waals surface area contributed by atoms with E-state index in [1.807, 2.05) is 4.90 Å². The molecule has 0 saturated carbocycles. The molecule has 0 spiro atoms. The lowest BCUT2D eigenvalue weighted by Crippen LogP contribution is -2.23. The number of thioether (sulfide) groups is 1. The summed E-state index contributed by atoms with van der Waals surface area (Å²) in [5.41, 5.74) is 0.494. The Balaban J connectivity index is 2.27. The van der Waals surface area contributed by atoms with Gasteiger partial charge in [0.05, 0.1) is 16.9 Å². The molecule has 0 aromatic carbocycles. The number of hydrogen-bond acceptors (Lipinski definition) is 5. The van der Waals surface area contributed by atoms with Gasteiger partial charge in [-0.25, -0.2) is 0 Å². The third-order valence-electron chi connectivity index (χ3n) is 3.87. The summed E-state index contributed by atoms with van der Waals surface area (Å²) in [4.78, 5) is 17.5. The second-order valence-corrected chi connectivity index (χ2v) is 6.96. The van der Waals surface area contributed by atoms with Crippen LogP contribution in [-0.4, -0.2) is 34.8 Å². The van der Waals surface area contributed by atoms with Gasteiger partial charge in [0.2, 0.25) is 0 Å². The van der Waals surface area contributed by atoms with Gasteiger partial charge in [-0.1, -0.05) is 0 Å². The van der Waals surface area contributed by atoms with Crippen molar-refractivity contribution in [1.82, 2.24) is 4.98 Å². The number of carbonyl (C=O) groups excluding carboxylic acids is 1. The number of ketones is 1. The van der Waals surface area contributed by atoms with Crippen molar-refractivity contribution in [2.45, 2.75) is 43.9 Å². The Morgan fingerprint density at radius 2 is 2.00 bits per heavy atom. The molecular formula is C16H20F3N3OS. The molecule has 1 fully saturated rings. The fourth-order valence-electron chi connectivity index (χ4n) is 2.69. The molecule has 8 heteroatoms. The van der Waals surface area contributed by atoms with Crippen molar-refractivity contribution in [2.75, 3.05) is 18.0 Å². The van der Waals surface area contributed by atoms with E-state index in [1.54, 1.807) is 6.92 Å². The average Bonchev–Trinajstić information content (AvgIpc) is 2.99. The fraction of sp³-hybridized carbons (Fsp3) is 0.562. The zero-order valence-corrected chi connectivity index (χ0v) is 14.4. The van der Waals surface area contributed by atoms with Gasteiger partial charge in [-0.15, -0.1) is 11.8 Å². The lowest BCUT2D eigenvalue weighted by molar-refractivity contribution is -0.137. The van der Waals surface area contributed by atoms with E-state index in [2.05, 4.69) is 4.98 Å². The summed E-state index contributed by atoms with van der Waals surface area (Å²) in [6.07, 6.45) is -1.70. The van der Waals surface area contributed by atoms with Crippen molar-refractivity contribution >= 4 is 28.9 Å². The molecule has 1 atom stereocenters. The van der Waals surface area contributed by atoms with Crippen molar-refractivity contribution in [3.63, 3.8) is 0 Å². The Bertz CT molecular complexity index is 613. The summed E-state index contributed by atoms with van der Waals surface area (Å²) in [7, 11) is 0. The molecule has 1 aliphatic heterocycles. The number of carbonyl (C=O) groups is 1. The molecular weight excluding hydrogens is 339 g/mol. The Kier molecular flexibility index (Phi) is 5.90. The van der Waals surface area contributed by atoms with Crippen LogP contribution in [0.5, 0.6) is 0 Å². The van der Waals surface area contributed by atoms with E-state index < -0.39 is 17.0 Å². The van der Waals surface area contributed by atoms with E-state index in [-0.39, 0.29) is 11.5 Å². The number of nitrogens with zero attached hydrogens (tertiary/aromatic N) is 2. The lowest BCUT2D eigenvalue weighted by Gasteiger charge is -2.22. The average molecular weight is 359 g/mol. The molecule has 132 valence electrons. The van der Waals surface area contributed by atoms with Crippen LogP contribution in [0.2, 0.25) is 0 Å². The monoisotopic (exact) mass is 359 g/mol. The molecule has 2 heterocycles. The molecule has 0 radical (unpaired) electrons. The zero-order chi connectivity index (χ0) is 17.9. The first-order valence-corrected chi connectivity index (χ1v) is 8.73. The van der Waals surface area contributed by atoms with Gasteiger partial charge in [0.25, 0.3) is 0 Å². The van der Waals surface area contributed by atoms with E-state index in [9.17, 15) is 18.0 Å². The quantitative estimate of drug-likeness (QED) is 0.782. The minimum absolute atomic E-state index is 0.137. The van der Waals surface area contributed by atoms with Gasteiger partial charge in [0.15, 0.2) is 0 Å². The predicted molar refractivity (Wildman–Crippen MR) is 89.9 cm³/mol. The molecule has 1 N–H and O–H groups in total. The molecule has 1 aromatic heterocycles. The smallest absolute Gasteiger partial charge is 0.370 e. The van der Waals surface area contributed by atoms with Crippen molar-refractivity contribution in [1.29, 1.82) is 5.41 Å². The third kappa shape index (κ3) is 4.49. The molecule has 0 aliphatic carbocycles. The van der Waals surface area contributed by atoms with Crippen molar-refractivity contribution in [2.24, 2.45) is 0 Å². The highest BCUT2D eigenvalue weighted by Crippen LogP contribution is 2.35. The number of hydrogen-bond donors (Lipinski definition) is 1. The first-order chi connectivity index (χ1) is 11.2. The summed E-state index contributed by atoms with van der Waals surface area (Å²) in [5.74, 6) is 0.159. The van der Waals surface area contributed by atoms with Crippen LogP contribution in [0.4, 0.5) is 18.9 Å². The number of rotatable bonds is 6. The summed E-state index contributed by atoms with van der Waals surface area (Å²) < 4.78 is 38.9. The Hall–Kier alpha value is -1.57. The number of alkyl halides is 3. The number of Topliss-reactive ketones (excluding diaryl/α,β-unsaturated/α-hetero) is 1. The maximum atomic E-state index is 13.0. The maximum absolute atomic E-state index is 13.0. The number of aromatic nitrogens is 1. The second-order valence-electron chi connectivity index (χ2n) is 5.87. The largest absolute Gasteiger partial charge is 0.417 e. The summed E-state index contributed by atoms with van der Waals surface area (Å²) >= 11 is 1.23. The highest BCUT2D eigenvalue weighted by Gasteiger charge is 2.33. The van der Waals surface area contributed by atoms with Crippen LogP contribution in [0, 0.1) is 5.41 Å². The molecule has 0 amide bonds. The van der Waals surface area contributed by atoms with E-state index >= 15 is 0 Å². The second kappa shape index (κ2) is 7.55. The first kappa shape index (κ1) is 18.8. The van der Waals surface area contributed by atoms with Crippen LogP contribution in [0.3, 0.4) is 0 Å². The molecule has 4 nitrogen and oxygen atoms in total. The molecule has 1 aliphatic rings. The summed E-state index contributed by atoms with van der Waals surface area (Å²) in [6.45, 7) is 4.39. The van der Waals surface area contributed by atoms with Gasteiger partial charge in [0.1, 0.15) is 11.0 Å². The van der Waals surface area contributed by atoms with Gasteiger partial charge in [0, 0.05) is 30.8 Å². The number of nitrogens with one attached hydrogen (secondary N) is 1. The Morgan fingerprint density at radius 1 is 1.38 bits per heavy atom. The van der Waals surface area contributed by atoms with E-state index in [1.165, 1.54) is 18.7 Å². The van der Waals surface area contributed by atoms with Crippen LogP contribution in [0.25, 0.3) is 0 Å². The fourth-order valence-corrected chi connectivity index (χ4v) is 3.72. The lowest BCUT2D eigenvalue weighted by atomic mass is 10.2.